The van der Waals surface area contributed by atoms with Gasteiger partial charge in [0.1, 0.15) is 24.8 Å². The summed E-state index contributed by atoms with van der Waals surface area (Å²) < 4.78 is 6.35. The molecule has 1 aromatic rings. The minimum Gasteiger partial charge on any atom is -0.544 e. The van der Waals surface area contributed by atoms with Crippen molar-refractivity contribution in [2.24, 2.45) is 0 Å². The Morgan fingerprint density at radius 2 is 2.13 bits per heavy atom. The van der Waals surface area contributed by atoms with E-state index in [1.165, 1.54) is 0 Å². The molecule has 0 saturated carbocycles. The van der Waals surface area contributed by atoms with Gasteiger partial charge < -0.3 is 20.0 Å². The maximum absolute atomic E-state index is 12.6. The fraction of sp³-hybridized carbons (Fsp3) is 0.667. The molecule has 0 radical (unpaired) electrons. The van der Waals surface area contributed by atoms with Gasteiger partial charge >= 0.3 is 35.5 Å². The number of cyclic esters (lactones) is 1. The molecule has 31 heavy (non-hydrogen) atoms. The fourth-order valence-corrected chi connectivity index (χ4v) is 3.60. The van der Waals surface area contributed by atoms with E-state index in [0.29, 0.717) is 10.2 Å². The molecular formula is C15H20N7NaO7S. The van der Waals surface area contributed by atoms with Crippen LogP contribution in [-0.4, -0.2) is 92.1 Å². The summed E-state index contributed by atoms with van der Waals surface area (Å²) in [4.78, 5) is 54.8. The summed E-state index contributed by atoms with van der Waals surface area (Å²) in [6.07, 6.45) is -0.642. The molecule has 1 aromatic heterocycles. The predicted molar refractivity (Wildman–Crippen MR) is 94.7 cm³/mol. The van der Waals surface area contributed by atoms with Gasteiger partial charge in [-0.15, -0.1) is 5.10 Å². The smallest absolute Gasteiger partial charge is 0.544 e. The van der Waals surface area contributed by atoms with Gasteiger partial charge in [-0.25, -0.2) is 4.68 Å². The molecule has 2 unspecified atom stereocenters. The van der Waals surface area contributed by atoms with Crippen molar-refractivity contribution in [3.05, 3.63) is 0 Å². The molecule has 2 aliphatic heterocycles. The largest absolute Gasteiger partial charge is 1.00 e. The van der Waals surface area contributed by atoms with Crippen LogP contribution in [0.3, 0.4) is 0 Å². The minimum absolute atomic E-state index is 0. The average Bonchev–Trinajstić information content (AvgIpc) is 3.39. The number of carbonyl (C=O) groups excluding carboxylic acids is 4. The van der Waals surface area contributed by atoms with Crippen molar-refractivity contribution in [3.63, 3.8) is 0 Å². The van der Waals surface area contributed by atoms with Crippen molar-refractivity contribution >= 4 is 35.5 Å². The van der Waals surface area contributed by atoms with E-state index in [-0.39, 0.29) is 60.9 Å². The Balaban J connectivity index is 0.00000341. The number of aromatic nitrogens is 4. The Kier molecular flexibility index (Phi) is 8.40. The van der Waals surface area contributed by atoms with Gasteiger partial charge in [0.25, 0.3) is 11.6 Å². The van der Waals surface area contributed by atoms with Gasteiger partial charge in [-0.3, -0.25) is 24.1 Å². The summed E-state index contributed by atoms with van der Waals surface area (Å²) >= 11 is 1.07. The molecule has 0 aromatic carbocycles. The summed E-state index contributed by atoms with van der Waals surface area (Å²) in [6, 6.07) is -1.13. The molecule has 0 aliphatic carbocycles. The molecule has 14 nitrogen and oxygen atoms in total. The van der Waals surface area contributed by atoms with Crippen molar-refractivity contribution in [1.29, 1.82) is 0 Å². The second-order valence-corrected chi connectivity index (χ2v) is 7.83. The molecule has 3 rings (SSSR count). The number of hydrogen-bond donors (Lipinski definition) is 1. The number of amides is 2. The van der Waals surface area contributed by atoms with E-state index in [0.717, 1.165) is 11.8 Å². The Morgan fingerprint density at radius 1 is 1.42 bits per heavy atom. The molecule has 2 saturated heterocycles. The average molecular weight is 465 g/mol. The van der Waals surface area contributed by atoms with Crippen LogP contribution in [0.25, 0.3) is 0 Å². The van der Waals surface area contributed by atoms with Crippen molar-refractivity contribution in [2.75, 3.05) is 26.5 Å². The standard InChI is InChI=1S/C15H21N7O7S.Na/c1-8(20(2)3)21-14(17-18-19-21)30-7-10(23)16-9-6-28-22(12(9)25)15(13(26)27)5-4-11(24)29-15;/h8-9H,4-7H2,1-3H3,(H,16,23)(H,26,27);/q;+1/p-1/t8?,9-,15?;/m0./s1. The van der Waals surface area contributed by atoms with E-state index in [9.17, 15) is 24.3 Å². The van der Waals surface area contributed by atoms with Gasteiger partial charge in [0, 0.05) is 6.42 Å². The molecule has 16 heteroatoms. The first kappa shape index (κ1) is 25.5. The number of rotatable bonds is 8. The van der Waals surface area contributed by atoms with Crippen LogP contribution < -0.4 is 40.0 Å². The van der Waals surface area contributed by atoms with Gasteiger partial charge in [0.05, 0.1) is 12.2 Å². The third-order valence-electron chi connectivity index (χ3n) is 4.70. The number of carboxylic acids is 1. The predicted octanol–water partition coefficient (Wildman–Crippen LogP) is -6.11. The van der Waals surface area contributed by atoms with Gasteiger partial charge in [-0.1, -0.05) is 11.8 Å². The number of nitrogens with zero attached hydrogens (tertiary/aromatic N) is 6. The Labute approximate surface area is 203 Å². The van der Waals surface area contributed by atoms with Gasteiger partial charge in [-0.05, 0) is 31.4 Å². The van der Waals surface area contributed by atoms with Crippen LogP contribution in [0.2, 0.25) is 0 Å². The maximum Gasteiger partial charge on any atom is 1.00 e. The van der Waals surface area contributed by atoms with E-state index < -0.39 is 35.5 Å². The number of hydrogen-bond acceptors (Lipinski definition) is 12. The van der Waals surface area contributed by atoms with Gasteiger partial charge in [0.2, 0.25) is 11.1 Å². The van der Waals surface area contributed by atoms with Crippen LogP contribution in [0, 0.1) is 0 Å². The second-order valence-electron chi connectivity index (χ2n) is 6.88. The van der Waals surface area contributed by atoms with Crippen LogP contribution in [0.5, 0.6) is 0 Å². The first-order chi connectivity index (χ1) is 14.2. The van der Waals surface area contributed by atoms with E-state index >= 15 is 0 Å². The zero-order valence-corrected chi connectivity index (χ0v) is 20.2. The maximum atomic E-state index is 12.6. The Morgan fingerprint density at radius 3 is 2.71 bits per heavy atom. The number of nitrogens with one attached hydrogen (secondary N) is 1. The number of ether oxygens (including phenoxy) is 1. The first-order valence-corrected chi connectivity index (χ1v) is 9.91. The van der Waals surface area contributed by atoms with Crippen LogP contribution in [0.4, 0.5) is 0 Å². The Hall–Kier alpha value is -1.78. The minimum atomic E-state index is -2.33. The van der Waals surface area contributed by atoms with Crippen molar-refractivity contribution in [2.45, 2.75) is 42.9 Å². The quantitative estimate of drug-likeness (QED) is 0.219. The van der Waals surface area contributed by atoms with Crippen molar-refractivity contribution < 1.29 is 63.4 Å². The van der Waals surface area contributed by atoms with Crippen molar-refractivity contribution in [3.8, 4) is 0 Å². The number of aliphatic carboxylic acids is 1. The molecule has 3 atom stereocenters. The van der Waals surface area contributed by atoms with E-state index in [4.69, 9.17) is 9.57 Å². The van der Waals surface area contributed by atoms with Gasteiger partial charge in [-0.2, -0.15) is 5.06 Å². The topological polar surface area (TPSA) is 172 Å². The summed E-state index contributed by atoms with van der Waals surface area (Å²) in [5, 5.41) is 26.2. The molecule has 0 bridgehead atoms. The summed E-state index contributed by atoms with van der Waals surface area (Å²) in [5.41, 5.74) is -2.33. The molecule has 0 spiro atoms. The fourth-order valence-electron chi connectivity index (χ4n) is 2.84. The molecule has 164 valence electrons. The monoisotopic (exact) mass is 465 g/mol. The third kappa shape index (κ3) is 5.18. The molecule has 2 aliphatic rings. The van der Waals surface area contributed by atoms with E-state index in [1.54, 1.807) is 4.68 Å². The summed E-state index contributed by atoms with van der Waals surface area (Å²) in [7, 11) is 3.71. The molecular weight excluding hydrogens is 445 g/mol. The second kappa shape index (κ2) is 10.2. The SMILES string of the molecule is CC(N(C)C)n1nnnc1SCC(=O)N[C@H]1CON(C2(C(=O)[O-])CCC(=O)O2)C1=O.[Na+]. The molecule has 1 N–H and O–H groups in total. The van der Waals surface area contributed by atoms with Crippen LogP contribution in [-0.2, 0) is 28.8 Å². The number of carboxylic acid groups (broad SMARTS) is 1. The Bertz CT molecular complexity index is 869. The number of carbonyl (C=O) groups is 4. The van der Waals surface area contributed by atoms with Crippen molar-refractivity contribution in [1.82, 2.24) is 35.5 Å². The molecule has 3 heterocycles. The van der Waals surface area contributed by atoms with Gasteiger partial charge in [0.15, 0.2) is 0 Å². The molecule has 2 fully saturated rings. The van der Waals surface area contributed by atoms with E-state index in [1.807, 2.05) is 25.9 Å². The summed E-state index contributed by atoms with van der Waals surface area (Å²) in [5.74, 6) is -4.01. The zero-order chi connectivity index (χ0) is 22.1. The van der Waals surface area contributed by atoms with E-state index in [2.05, 4.69) is 20.8 Å². The van der Waals surface area contributed by atoms with Crippen LogP contribution >= 0.6 is 11.8 Å². The first-order valence-electron chi connectivity index (χ1n) is 8.92. The summed E-state index contributed by atoms with van der Waals surface area (Å²) in [6.45, 7) is 1.57. The third-order valence-corrected chi connectivity index (χ3v) is 5.63. The number of hydroxylamine groups is 2. The van der Waals surface area contributed by atoms with Crippen LogP contribution in [0.15, 0.2) is 5.16 Å². The molecule has 2 amide bonds. The number of thioether (sulfide) groups is 1. The normalized spacial score (nSPS) is 24.1. The zero-order valence-electron chi connectivity index (χ0n) is 17.4. The number of esters is 1. The number of tetrazole rings is 1. The van der Waals surface area contributed by atoms with Crippen LogP contribution in [0.1, 0.15) is 25.9 Å².